The minimum Gasteiger partial charge on any atom is -0.395 e. The van der Waals surface area contributed by atoms with Gasteiger partial charge in [-0.25, -0.2) is 0 Å². The summed E-state index contributed by atoms with van der Waals surface area (Å²) in [6, 6.07) is 8.59. The van der Waals surface area contributed by atoms with E-state index in [9.17, 15) is 0 Å². The number of hydrogen-bond donors (Lipinski definition) is 1. The van der Waals surface area contributed by atoms with Crippen molar-refractivity contribution in [2.24, 2.45) is 0 Å². The molecule has 0 aromatic heterocycles. The SMILES string of the molecule is OCCN(Cc1ccccc1Cl)C1CCC1. The molecule has 1 aromatic rings. The third-order valence-electron chi connectivity index (χ3n) is 3.31. The molecule has 1 aliphatic carbocycles. The first kappa shape index (κ1) is 11.9. The highest BCUT2D eigenvalue weighted by Crippen LogP contribution is 2.27. The summed E-state index contributed by atoms with van der Waals surface area (Å²) in [6.07, 6.45) is 3.82. The number of benzene rings is 1. The van der Waals surface area contributed by atoms with Crippen LogP contribution >= 0.6 is 11.6 Å². The fraction of sp³-hybridized carbons (Fsp3) is 0.538. The predicted molar refractivity (Wildman–Crippen MR) is 66.6 cm³/mol. The summed E-state index contributed by atoms with van der Waals surface area (Å²) in [6.45, 7) is 1.82. The first-order chi connectivity index (χ1) is 7.81. The van der Waals surface area contributed by atoms with Gasteiger partial charge in [0.1, 0.15) is 0 Å². The highest BCUT2D eigenvalue weighted by atomic mass is 35.5. The van der Waals surface area contributed by atoms with Crippen molar-refractivity contribution in [1.29, 1.82) is 0 Å². The quantitative estimate of drug-likeness (QED) is 0.854. The molecule has 1 fully saturated rings. The molecule has 0 bridgehead atoms. The van der Waals surface area contributed by atoms with Crippen LogP contribution < -0.4 is 0 Å². The zero-order valence-corrected chi connectivity index (χ0v) is 10.2. The zero-order chi connectivity index (χ0) is 11.4. The van der Waals surface area contributed by atoms with Crippen molar-refractivity contribution in [3.05, 3.63) is 34.9 Å². The van der Waals surface area contributed by atoms with E-state index in [0.717, 1.165) is 23.7 Å². The van der Waals surface area contributed by atoms with Gasteiger partial charge in [-0.3, -0.25) is 4.90 Å². The van der Waals surface area contributed by atoms with Gasteiger partial charge in [0.25, 0.3) is 0 Å². The lowest BCUT2D eigenvalue weighted by molar-refractivity contribution is 0.0946. The number of hydrogen-bond acceptors (Lipinski definition) is 2. The van der Waals surface area contributed by atoms with Gasteiger partial charge in [-0.1, -0.05) is 36.2 Å². The van der Waals surface area contributed by atoms with Crippen LogP contribution in [0.4, 0.5) is 0 Å². The van der Waals surface area contributed by atoms with E-state index in [0.29, 0.717) is 6.04 Å². The van der Waals surface area contributed by atoms with Crippen LogP contribution in [0.15, 0.2) is 24.3 Å². The normalized spacial score (nSPS) is 16.4. The Morgan fingerprint density at radius 2 is 2.06 bits per heavy atom. The first-order valence-electron chi connectivity index (χ1n) is 5.89. The number of aliphatic hydroxyl groups is 1. The van der Waals surface area contributed by atoms with E-state index >= 15 is 0 Å². The van der Waals surface area contributed by atoms with Gasteiger partial charge in [0.15, 0.2) is 0 Å². The molecule has 2 rings (SSSR count). The number of rotatable bonds is 5. The van der Waals surface area contributed by atoms with Crippen LogP contribution in [0.3, 0.4) is 0 Å². The van der Waals surface area contributed by atoms with Crippen molar-refractivity contribution in [1.82, 2.24) is 4.90 Å². The maximum Gasteiger partial charge on any atom is 0.0558 e. The van der Waals surface area contributed by atoms with Gasteiger partial charge in [-0.15, -0.1) is 0 Å². The summed E-state index contributed by atoms with van der Waals surface area (Å²) in [7, 11) is 0. The fourth-order valence-corrected chi connectivity index (χ4v) is 2.31. The lowest BCUT2D eigenvalue weighted by Crippen LogP contribution is -2.41. The summed E-state index contributed by atoms with van der Waals surface area (Å²) in [5.41, 5.74) is 1.16. The maximum atomic E-state index is 9.08. The molecule has 88 valence electrons. The molecule has 0 radical (unpaired) electrons. The van der Waals surface area contributed by atoms with Gasteiger partial charge in [0.05, 0.1) is 6.61 Å². The summed E-state index contributed by atoms with van der Waals surface area (Å²) < 4.78 is 0. The highest BCUT2D eigenvalue weighted by Gasteiger charge is 2.24. The van der Waals surface area contributed by atoms with Crippen LogP contribution in [0.2, 0.25) is 5.02 Å². The standard InChI is InChI=1S/C13H18ClNO/c14-13-7-2-1-4-11(13)10-15(8-9-16)12-5-3-6-12/h1-2,4,7,12,16H,3,5-6,8-10H2. The monoisotopic (exact) mass is 239 g/mol. The van der Waals surface area contributed by atoms with Crippen molar-refractivity contribution >= 4 is 11.6 Å². The molecule has 1 aromatic carbocycles. The second kappa shape index (κ2) is 5.67. The van der Waals surface area contributed by atoms with E-state index in [2.05, 4.69) is 11.0 Å². The average molecular weight is 240 g/mol. The van der Waals surface area contributed by atoms with E-state index < -0.39 is 0 Å². The molecule has 3 heteroatoms. The molecular weight excluding hydrogens is 222 g/mol. The molecular formula is C13H18ClNO. The van der Waals surface area contributed by atoms with Crippen LogP contribution in [0.5, 0.6) is 0 Å². The molecule has 16 heavy (non-hydrogen) atoms. The average Bonchev–Trinajstić information content (AvgIpc) is 2.19. The molecule has 1 aliphatic rings. The van der Waals surface area contributed by atoms with Crippen LogP contribution in [0.1, 0.15) is 24.8 Å². The number of halogens is 1. The molecule has 1 saturated carbocycles. The summed E-state index contributed by atoms with van der Waals surface area (Å²) in [4.78, 5) is 2.34. The van der Waals surface area contributed by atoms with Crippen LogP contribution in [-0.4, -0.2) is 29.2 Å². The predicted octanol–water partition coefficient (Wildman–Crippen LogP) is 2.69. The summed E-state index contributed by atoms with van der Waals surface area (Å²) >= 11 is 6.15. The lowest BCUT2D eigenvalue weighted by atomic mass is 9.91. The van der Waals surface area contributed by atoms with Crippen molar-refractivity contribution in [2.75, 3.05) is 13.2 Å². The molecule has 0 aliphatic heterocycles. The van der Waals surface area contributed by atoms with Crippen molar-refractivity contribution in [3.8, 4) is 0 Å². The van der Waals surface area contributed by atoms with E-state index in [1.807, 2.05) is 18.2 Å². The van der Waals surface area contributed by atoms with E-state index in [4.69, 9.17) is 16.7 Å². The van der Waals surface area contributed by atoms with E-state index in [1.54, 1.807) is 0 Å². The number of aliphatic hydroxyl groups excluding tert-OH is 1. The molecule has 0 heterocycles. The van der Waals surface area contributed by atoms with Gasteiger partial charge in [0.2, 0.25) is 0 Å². The van der Waals surface area contributed by atoms with Crippen LogP contribution in [0, 0.1) is 0 Å². The highest BCUT2D eigenvalue weighted by molar-refractivity contribution is 6.31. The maximum absolute atomic E-state index is 9.08. The Balaban J connectivity index is 2.01. The summed E-state index contributed by atoms with van der Waals surface area (Å²) in [5.74, 6) is 0. The minimum atomic E-state index is 0.223. The molecule has 0 unspecified atom stereocenters. The van der Waals surface area contributed by atoms with Crippen molar-refractivity contribution in [3.63, 3.8) is 0 Å². The van der Waals surface area contributed by atoms with Gasteiger partial charge in [-0.05, 0) is 24.5 Å². The second-order valence-electron chi connectivity index (χ2n) is 4.37. The first-order valence-corrected chi connectivity index (χ1v) is 6.27. The molecule has 2 nitrogen and oxygen atoms in total. The smallest absolute Gasteiger partial charge is 0.0558 e. The van der Waals surface area contributed by atoms with Crippen LogP contribution in [0.25, 0.3) is 0 Å². The largest absolute Gasteiger partial charge is 0.395 e. The van der Waals surface area contributed by atoms with Gasteiger partial charge in [0, 0.05) is 24.2 Å². The van der Waals surface area contributed by atoms with Gasteiger partial charge in [-0.2, -0.15) is 0 Å². The molecule has 0 saturated heterocycles. The Kier molecular flexibility index (Phi) is 4.22. The molecule has 0 spiro atoms. The van der Waals surface area contributed by atoms with Crippen molar-refractivity contribution < 1.29 is 5.11 Å². The van der Waals surface area contributed by atoms with Crippen molar-refractivity contribution in [2.45, 2.75) is 31.8 Å². The van der Waals surface area contributed by atoms with Gasteiger partial charge >= 0.3 is 0 Å². The summed E-state index contributed by atoms with van der Waals surface area (Å²) in [5, 5.41) is 9.90. The molecule has 1 N–H and O–H groups in total. The third kappa shape index (κ3) is 2.76. The third-order valence-corrected chi connectivity index (χ3v) is 3.68. The Hall–Kier alpha value is -0.570. The number of nitrogens with zero attached hydrogens (tertiary/aromatic N) is 1. The lowest BCUT2D eigenvalue weighted by Gasteiger charge is -2.37. The Labute approximate surface area is 102 Å². The topological polar surface area (TPSA) is 23.5 Å². The van der Waals surface area contributed by atoms with E-state index in [1.165, 1.54) is 19.3 Å². The Morgan fingerprint density at radius 3 is 2.62 bits per heavy atom. The molecule has 0 atom stereocenters. The Morgan fingerprint density at radius 1 is 1.31 bits per heavy atom. The fourth-order valence-electron chi connectivity index (χ4n) is 2.12. The Bertz CT molecular complexity index is 338. The van der Waals surface area contributed by atoms with Gasteiger partial charge < -0.3 is 5.11 Å². The zero-order valence-electron chi connectivity index (χ0n) is 9.40. The minimum absolute atomic E-state index is 0.223. The second-order valence-corrected chi connectivity index (χ2v) is 4.78. The van der Waals surface area contributed by atoms with E-state index in [-0.39, 0.29) is 6.61 Å². The molecule has 0 amide bonds. The van der Waals surface area contributed by atoms with Crippen LogP contribution in [-0.2, 0) is 6.54 Å².